The number of hydrogen-bond donors (Lipinski definition) is 0. The maximum absolute atomic E-state index is 5.72. The molecule has 0 aliphatic heterocycles. The van der Waals surface area contributed by atoms with E-state index in [1.165, 1.54) is 0 Å². The fourth-order valence-electron chi connectivity index (χ4n) is 0.872. The van der Waals surface area contributed by atoms with Crippen LogP contribution >= 0.6 is 46.4 Å². The lowest BCUT2D eigenvalue weighted by Crippen LogP contribution is -2.20. The number of hydrogen-bond acceptors (Lipinski definition) is 0. The van der Waals surface area contributed by atoms with E-state index < -0.39 is 0 Å². The minimum absolute atomic E-state index is 0.301. The second kappa shape index (κ2) is 7.79. The van der Waals surface area contributed by atoms with Gasteiger partial charge in [-0.3, -0.25) is 0 Å². The van der Waals surface area contributed by atoms with Crippen LogP contribution in [-0.4, -0.2) is 23.5 Å². The fraction of sp³-hybridized carbons (Fsp3) is 1.00. The second-order valence-corrected chi connectivity index (χ2v) is 3.76. The smallest absolute Gasteiger partial charge is 0.0266 e. The number of alkyl halides is 4. The summed E-state index contributed by atoms with van der Waals surface area (Å²) >= 11 is 22.7. The van der Waals surface area contributed by atoms with E-state index in [4.69, 9.17) is 46.4 Å². The van der Waals surface area contributed by atoms with Crippen LogP contribution in [0.5, 0.6) is 0 Å². The van der Waals surface area contributed by atoms with Crippen LogP contribution in [0.3, 0.4) is 0 Å². The summed E-state index contributed by atoms with van der Waals surface area (Å²) in [6.45, 7) is 0. The molecule has 0 spiro atoms. The summed E-state index contributed by atoms with van der Waals surface area (Å²) in [5.74, 6) is 3.02. The van der Waals surface area contributed by atoms with Gasteiger partial charge in [-0.1, -0.05) is 0 Å². The summed E-state index contributed by atoms with van der Waals surface area (Å²) in [5.41, 5.74) is 0. The molecular weight excluding hydrogens is 226 g/mol. The summed E-state index contributed by atoms with van der Waals surface area (Å²) in [4.78, 5) is 0. The summed E-state index contributed by atoms with van der Waals surface area (Å²) in [6, 6.07) is 0. The maximum atomic E-state index is 5.72. The molecule has 0 aliphatic carbocycles. The standard InChI is InChI=1S/C7H12Cl4/c8-2-1-6(3-9)7(4-10)5-11/h6-7H,1-5H2. The third-order valence-corrected chi connectivity index (χ3v) is 3.15. The zero-order valence-electron chi connectivity index (χ0n) is 6.20. The van der Waals surface area contributed by atoms with Crippen molar-refractivity contribution in [2.24, 2.45) is 11.8 Å². The molecule has 1 atom stereocenters. The minimum Gasteiger partial charge on any atom is -0.127 e. The van der Waals surface area contributed by atoms with E-state index in [0.29, 0.717) is 35.4 Å². The zero-order valence-corrected chi connectivity index (χ0v) is 9.23. The van der Waals surface area contributed by atoms with Gasteiger partial charge in [0.05, 0.1) is 0 Å². The minimum atomic E-state index is 0.301. The van der Waals surface area contributed by atoms with Crippen molar-refractivity contribution in [1.29, 1.82) is 0 Å². The normalized spacial score (nSPS) is 13.9. The van der Waals surface area contributed by atoms with Crippen LogP contribution in [0.25, 0.3) is 0 Å². The highest BCUT2D eigenvalue weighted by Crippen LogP contribution is 2.21. The third kappa shape index (κ3) is 4.67. The van der Waals surface area contributed by atoms with E-state index in [-0.39, 0.29) is 0 Å². The predicted molar refractivity (Wildman–Crippen MR) is 54.5 cm³/mol. The predicted octanol–water partition coefficient (Wildman–Crippen LogP) is 3.56. The second-order valence-electron chi connectivity index (χ2n) is 2.46. The molecule has 0 saturated carbocycles. The van der Waals surface area contributed by atoms with Crippen molar-refractivity contribution in [3.8, 4) is 0 Å². The van der Waals surface area contributed by atoms with Gasteiger partial charge in [-0.15, -0.1) is 46.4 Å². The molecule has 0 saturated heterocycles. The molecule has 0 aromatic carbocycles. The Morgan fingerprint density at radius 1 is 0.727 bits per heavy atom. The average molecular weight is 238 g/mol. The van der Waals surface area contributed by atoms with Gasteiger partial charge in [0.2, 0.25) is 0 Å². The molecule has 0 nitrogen and oxygen atoms in total. The van der Waals surface area contributed by atoms with Crippen molar-refractivity contribution >= 4 is 46.4 Å². The monoisotopic (exact) mass is 236 g/mol. The highest BCUT2D eigenvalue weighted by atomic mass is 35.5. The first-order chi connectivity index (χ1) is 5.29. The molecular formula is C7H12Cl4. The van der Waals surface area contributed by atoms with Crippen molar-refractivity contribution in [3.05, 3.63) is 0 Å². The van der Waals surface area contributed by atoms with Gasteiger partial charge in [0.1, 0.15) is 0 Å². The number of rotatable bonds is 6. The Hall–Kier alpha value is 1.16. The number of halogens is 4. The molecule has 0 bridgehead atoms. The van der Waals surface area contributed by atoms with Crippen LogP contribution in [0, 0.1) is 11.8 Å². The molecule has 0 amide bonds. The van der Waals surface area contributed by atoms with Crippen LogP contribution in [0.4, 0.5) is 0 Å². The molecule has 0 heterocycles. The van der Waals surface area contributed by atoms with Crippen molar-refractivity contribution in [2.75, 3.05) is 23.5 Å². The van der Waals surface area contributed by atoms with Gasteiger partial charge in [0, 0.05) is 23.5 Å². The first-order valence-electron chi connectivity index (χ1n) is 3.54. The molecule has 1 unspecified atom stereocenters. The third-order valence-electron chi connectivity index (χ3n) is 1.74. The van der Waals surface area contributed by atoms with E-state index in [0.717, 1.165) is 6.42 Å². The van der Waals surface area contributed by atoms with Gasteiger partial charge in [-0.05, 0) is 18.3 Å². The van der Waals surface area contributed by atoms with Crippen molar-refractivity contribution < 1.29 is 0 Å². The van der Waals surface area contributed by atoms with Gasteiger partial charge in [0.15, 0.2) is 0 Å². The molecule has 0 aliphatic rings. The molecule has 0 aromatic rings. The molecule has 0 aromatic heterocycles. The lowest BCUT2D eigenvalue weighted by Gasteiger charge is -2.19. The Labute approximate surface area is 88.1 Å². The van der Waals surface area contributed by atoms with Crippen molar-refractivity contribution in [2.45, 2.75) is 6.42 Å². The lowest BCUT2D eigenvalue weighted by molar-refractivity contribution is 0.423. The van der Waals surface area contributed by atoms with E-state index in [9.17, 15) is 0 Å². The first kappa shape index (κ1) is 12.2. The quantitative estimate of drug-likeness (QED) is 0.620. The van der Waals surface area contributed by atoms with Crippen LogP contribution in [-0.2, 0) is 0 Å². The molecule has 0 radical (unpaired) electrons. The van der Waals surface area contributed by atoms with Crippen molar-refractivity contribution in [1.82, 2.24) is 0 Å². The van der Waals surface area contributed by atoms with E-state index >= 15 is 0 Å². The van der Waals surface area contributed by atoms with Crippen LogP contribution in [0.15, 0.2) is 0 Å². The van der Waals surface area contributed by atoms with Crippen LogP contribution in [0.2, 0.25) is 0 Å². The van der Waals surface area contributed by atoms with E-state index in [1.807, 2.05) is 0 Å². The summed E-state index contributed by atoms with van der Waals surface area (Å²) in [7, 11) is 0. The first-order valence-corrected chi connectivity index (χ1v) is 5.67. The highest BCUT2D eigenvalue weighted by molar-refractivity contribution is 6.21. The topological polar surface area (TPSA) is 0 Å². The Kier molecular flexibility index (Phi) is 8.61. The zero-order chi connectivity index (χ0) is 8.69. The van der Waals surface area contributed by atoms with Crippen LogP contribution in [0.1, 0.15) is 6.42 Å². The van der Waals surface area contributed by atoms with Gasteiger partial charge in [-0.2, -0.15) is 0 Å². The molecule has 68 valence electrons. The Morgan fingerprint density at radius 2 is 1.18 bits per heavy atom. The van der Waals surface area contributed by atoms with E-state index in [2.05, 4.69) is 0 Å². The average Bonchev–Trinajstić information content (AvgIpc) is 2.05. The summed E-state index contributed by atoms with van der Waals surface area (Å²) in [6.07, 6.45) is 0.898. The van der Waals surface area contributed by atoms with Gasteiger partial charge >= 0.3 is 0 Å². The molecule has 11 heavy (non-hydrogen) atoms. The maximum Gasteiger partial charge on any atom is 0.0266 e. The Morgan fingerprint density at radius 3 is 1.45 bits per heavy atom. The Balaban J connectivity index is 3.76. The largest absolute Gasteiger partial charge is 0.127 e. The van der Waals surface area contributed by atoms with Crippen LogP contribution < -0.4 is 0 Å². The SMILES string of the molecule is ClCCC(CCl)C(CCl)CCl. The van der Waals surface area contributed by atoms with Crippen molar-refractivity contribution in [3.63, 3.8) is 0 Å². The van der Waals surface area contributed by atoms with E-state index in [1.54, 1.807) is 0 Å². The molecule has 0 N–H and O–H groups in total. The molecule has 0 rings (SSSR count). The highest BCUT2D eigenvalue weighted by Gasteiger charge is 2.18. The Bertz CT molecular complexity index is 82.5. The van der Waals surface area contributed by atoms with Gasteiger partial charge in [-0.25, -0.2) is 0 Å². The van der Waals surface area contributed by atoms with Gasteiger partial charge < -0.3 is 0 Å². The molecule has 0 fully saturated rings. The van der Waals surface area contributed by atoms with Gasteiger partial charge in [0.25, 0.3) is 0 Å². The molecule has 4 heteroatoms. The summed E-state index contributed by atoms with van der Waals surface area (Å²) in [5, 5.41) is 0. The fourth-order valence-corrected chi connectivity index (χ4v) is 2.39. The lowest BCUT2D eigenvalue weighted by atomic mass is 9.95. The summed E-state index contributed by atoms with van der Waals surface area (Å²) < 4.78 is 0.